The van der Waals surface area contributed by atoms with Gasteiger partial charge in [-0.05, 0) is 31.9 Å². The number of hydrogen-bond acceptors (Lipinski definition) is 2. The van der Waals surface area contributed by atoms with Crippen LogP contribution in [-0.4, -0.2) is 32.0 Å². The van der Waals surface area contributed by atoms with Crippen molar-refractivity contribution in [1.82, 2.24) is 20.1 Å². The van der Waals surface area contributed by atoms with Gasteiger partial charge < -0.3 is 9.88 Å². The number of para-hydroxylation sites is 1. The maximum atomic E-state index is 13.1. The van der Waals surface area contributed by atoms with Gasteiger partial charge in [0.2, 0.25) is 0 Å². The molecule has 0 saturated heterocycles. The second-order valence-corrected chi connectivity index (χ2v) is 7.45. The van der Waals surface area contributed by atoms with Gasteiger partial charge in [0, 0.05) is 47.1 Å². The number of nitrogens with zero attached hydrogens (tertiary/aromatic N) is 2. The van der Waals surface area contributed by atoms with Crippen LogP contribution >= 0.6 is 0 Å². The van der Waals surface area contributed by atoms with Gasteiger partial charge in [0.15, 0.2) is 0 Å². The predicted octanol–water partition coefficient (Wildman–Crippen LogP) is 3.75. The number of carbonyl (C=O) groups is 1. The number of rotatable bonds is 2. The van der Waals surface area contributed by atoms with Crippen molar-refractivity contribution < 1.29 is 4.79 Å². The molecule has 1 aromatic carbocycles. The number of carbonyl (C=O) groups excluding carboxylic acids is 1. The summed E-state index contributed by atoms with van der Waals surface area (Å²) in [6.07, 6.45) is 4.59. The summed E-state index contributed by atoms with van der Waals surface area (Å²) >= 11 is 0. The summed E-state index contributed by atoms with van der Waals surface area (Å²) in [5, 5.41) is 8.88. The lowest BCUT2D eigenvalue weighted by molar-refractivity contribution is 0.0651. The third kappa shape index (κ3) is 2.29. The summed E-state index contributed by atoms with van der Waals surface area (Å²) in [6.45, 7) is 2.77. The lowest BCUT2D eigenvalue weighted by atomic mass is 9.80. The molecular formula is C20H22N4O. The fourth-order valence-corrected chi connectivity index (χ4v) is 4.13. The second-order valence-electron chi connectivity index (χ2n) is 7.45. The van der Waals surface area contributed by atoms with Crippen LogP contribution in [0.4, 0.5) is 0 Å². The molecule has 3 aromatic rings. The van der Waals surface area contributed by atoms with Gasteiger partial charge in [-0.25, -0.2) is 0 Å². The van der Waals surface area contributed by atoms with Crippen molar-refractivity contribution in [1.29, 1.82) is 0 Å². The number of aromatic nitrogens is 3. The molecule has 2 N–H and O–H groups in total. The summed E-state index contributed by atoms with van der Waals surface area (Å²) in [6, 6.07) is 10.1. The minimum absolute atomic E-state index is 0.0788. The van der Waals surface area contributed by atoms with E-state index in [2.05, 4.69) is 22.1 Å². The van der Waals surface area contributed by atoms with Crippen LogP contribution < -0.4 is 0 Å². The molecule has 2 aromatic heterocycles. The van der Waals surface area contributed by atoms with E-state index >= 15 is 0 Å². The van der Waals surface area contributed by atoms with Gasteiger partial charge in [-0.15, -0.1) is 0 Å². The van der Waals surface area contributed by atoms with Gasteiger partial charge in [0.05, 0.1) is 5.69 Å². The first-order valence-corrected chi connectivity index (χ1v) is 9.15. The van der Waals surface area contributed by atoms with Crippen molar-refractivity contribution in [2.75, 3.05) is 0 Å². The number of aromatic amines is 2. The molecule has 3 heterocycles. The highest BCUT2D eigenvalue weighted by molar-refractivity contribution is 5.98. The number of amides is 1. The number of nitrogens with one attached hydrogen (secondary N) is 2. The van der Waals surface area contributed by atoms with Crippen LogP contribution in [0.5, 0.6) is 0 Å². The van der Waals surface area contributed by atoms with E-state index in [-0.39, 0.29) is 11.9 Å². The normalized spacial score (nSPS) is 20.5. The van der Waals surface area contributed by atoms with Crippen molar-refractivity contribution in [2.24, 2.45) is 0 Å². The van der Waals surface area contributed by atoms with Crippen LogP contribution in [0.2, 0.25) is 0 Å². The molecule has 1 unspecified atom stereocenters. The molecule has 5 heteroatoms. The monoisotopic (exact) mass is 334 g/mol. The molecule has 25 heavy (non-hydrogen) atoms. The van der Waals surface area contributed by atoms with Crippen molar-refractivity contribution in [2.45, 2.75) is 51.1 Å². The molecule has 1 saturated carbocycles. The van der Waals surface area contributed by atoms with Gasteiger partial charge in [0.25, 0.3) is 5.91 Å². The van der Waals surface area contributed by atoms with Crippen molar-refractivity contribution in [3.63, 3.8) is 0 Å². The van der Waals surface area contributed by atoms with Crippen LogP contribution in [0.1, 0.15) is 59.5 Å². The third-order valence-electron chi connectivity index (χ3n) is 5.87. The second kappa shape index (κ2) is 5.48. The number of fused-ring (bicyclic) bond motifs is 2. The summed E-state index contributed by atoms with van der Waals surface area (Å²) in [7, 11) is 0. The number of H-pyrrole nitrogens is 2. The average molecular weight is 334 g/mol. The van der Waals surface area contributed by atoms with Crippen LogP contribution in [0, 0.1) is 0 Å². The fraction of sp³-hybridized carbons (Fsp3) is 0.400. The maximum absolute atomic E-state index is 13.1. The van der Waals surface area contributed by atoms with Crippen molar-refractivity contribution >= 4 is 16.8 Å². The van der Waals surface area contributed by atoms with Crippen LogP contribution in [-0.2, 0) is 13.0 Å². The Bertz CT molecular complexity index is 917. The lowest BCUT2D eigenvalue weighted by Gasteiger charge is -2.34. The average Bonchev–Trinajstić information content (AvgIpc) is 3.16. The molecule has 5 rings (SSSR count). The van der Waals surface area contributed by atoms with Crippen molar-refractivity contribution in [3.05, 3.63) is 53.0 Å². The zero-order chi connectivity index (χ0) is 17.0. The fourth-order valence-electron chi connectivity index (χ4n) is 4.13. The molecule has 0 bridgehead atoms. The molecule has 2 aliphatic rings. The summed E-state index contributed by atoms with van der Waals surface area (Å²) in [5.74, 6) is 0.685. The zero-order valence-corrected chi connectivity index (χ0v) is 14.4. The SMILES string of the molecule is CC1Cc2n[nH]c(C3CCC3)c2CN1C(=O)c1cc2ccccc2[nH]1. The number of hydrogen-bond donors (Lipinski definition) is 2. The van der Waals surface area contributed by atoms with E-state index in [0.29, 0.717) is 18.2 Å². The zero-order valence-electron chi connectivity index (χ0n) is 14.4. The van der Waals surface area contributed by atoms with E-state index in [1.54, 1.807) is 0 Å². The van der Waals surface area contributed by atoms with Crippen LogP contribution in [0.25, 0.3) is 10.9 Å². The van der Waals surface area contributed by atoms with Gasteiger partial charge in [0.1, 0.15) is 5.69 Å². The third-order valence-corrected chi connectivity index (χ3v) is 5.87. The van der Waals surface area contributed by atoms with E-state index in [1.807, 2.05) is 35.2 Å². The smallest absolute Gasteiger partial charge is 0.270 e. The topological polar surface area (TPSA) is 64.8 Å². The Hall–Kier alpha value is -2.56. The Balaban J connectivity index is 1.47. The Kier molecular flexibility index (Phi) is 3.23. The summed E-state index contributed by atoms with van der Waals surface area (Å²) in [5.41, 5.74) is 5.35. The Morgan fingerprint density at radius 2 is 2.12 bits per heavy atom. The summed E-state index contributed by atoms with van der Waals surface area (Å²) < 4.78 is 0. The van der Waals surface area contributed by atoms with E-state index in [9.17, 15) is 4.79 Å². The molecule has 0 radical (unpaired) electrons. The minimum atomic E-state index is 0.0788. The van der Waals surface area contributed by atoms with E-state index in [1.165, 1.54) is 30.5 Å². The molecule has 1 aliphatic heterocycles. The molecule has 1 fully saturated rings. The van der Waals surface area contributed by atoms with Crippen LogP contribution in [0.3, 0.4) is 0 Å². The minimum Gasteiger partial charge on any atom is -0.351 e. The molecule has 1 amide bonds. The largest absolute Gasteiger partial charge is 0.351 e. The Morgan fingerprint density at radius 3 is 2.88 bits per heavy atom. The molecule has 5 nitrogen and oxygen atoms in total. The van der Waals surface area contributed by atoms with E-state index < -0.39 is 0 Å². The molecule has 0 spiro atoms. The van der Waals surface area contributed by atoms with E-state index in [0.717, 1.165) is 23.0 Å². The first-order chi connectivity index (χ1) is 12.2. The van der Waals surface area contributed by atoms with Gasteiger partial charge >= 0.3 is 0 Å². The Labute approximate surface area is 146 Å². The summed E-state index contributed by atoms with van der Waals surface area (Å²) in [4.78, 5) is 18.4. The molecular weight excluding hydrogens is 312 g/mol. The quantitative estimate of drug-likeness (QED) is 0.750. The van der Waals surface area contributed by atoms with Crippen molar-refractivity contribution in [3.8, 4) is 0 Å². The highest BCUT2D eigenvalue weighted by Gasteiger charge is 2.34. The molecule has 1 aliphatic carbocycles. The van der Waals surface area contributed by atoms with Gasteiger partial charge in [-0.1, -0.05) is 24.6 Å². The number of benzene rings is 1. The van der Waals surface area contributed by atoms with Gasteiger partial charge in [-0.2, -0.15) is 5.10 Å². The standard InChI is InChI=1S/C20H22N4O/c1-12-9-17-15(19(23-22-17)13-6-4-7-13)11-24(12)20(25)18-10-14-5-2-3-8-16(14)21-18/h2-3,5,8,10,12-13,21H,4,6-7,9,11H2,1H3,(H,22,23). The first-order valence-electron chi connectivity index (χ1n) is 9.15. The molecule has 128 valence electrons. The maximum Gasteiger partial charge on any atom is 0.270 e. The van der Waals surface area contributed by atoms with E-state index in [4.69, 9.17) is 0 Å². The van der Waals surface area contributed by atoms with Crippen LogP contribution in [0.15, 0.2) is 30.3 Å². The highest BCUT2D eigenvalue weighted by atomic mass is 16.2. The molecule has 1 atom stereocenters. The highest BCUT2D eigenvalue weighted by Crippen LogP contribution is 2.39. The first kappa shape index (κ1) is 14.8. The van der Waals surface area contributed by atoms with Gasteiger partial charge in [-0.3, -0.25) is 9.89 Å². The Morgan fingerprint density at radius 1 is 1.28 bits per heavy atom. The lowest BCUT2D eigenvalue weighted by Crippen LogP contribution is -2.43. The predicted molar refractivity (Wildman–Crippen MR) is 96.5 cm³/mol.